The smallest absolute Gasteiger partial charge is 0.249 e. The third-order valence-electron chi connectivity index (χ3n) is 2.25. The van der Waals surface area contributed by atoms with Gasteiger partial charge in [0.1, 0.15) is 5.82 Å². The van der Waals surface area contributed by atoms with Gasteiger partial charge in [-0.2, -0.15) is 0 Å². The molecule has 0 unspecified atom stereocenters. The van der Waals surface area contributed by atoms with E-state index in [2.05, 4.69) is 26.2 Å². The number of nitrogens with zero attached hydrogens (tertiary/aromatic N) is 1. The summed E-state index contributed by atoms with van der Waals surface area (Å²) in [5.74, 6) is 0.263. The summed E-state index contributed by atoms with van der Waals surface area (Å²) in [5.41, 5.74) is 0.867. The van der Waals surface area contributed by atoms with Crippen molar-refractivity contribution in [2.45, 2.75) is 0 Å². The fourth-order valence-electron chi connectivity index (χ4n) is 1.40. The SMILES string of the molecule is O=C(/C=C/c1cccc(Cl)c1)Nc1ccc(Br)cn1. The molecule has 0 radical (unpaired) electrons. The standard InChI is InChI=1S/C14H10BrClN2O/c15-11-5-6-13(17-9-11)18-14(19)7-4-10-2-1-3-12(16)8-10/h1-9H,(H,17,18,19)/b7-4+. The number of carbonyl (C=O) groups is 1. The molecule has 1 aromatic heterocycles. The second kappa shape index (κ2) is 6.50. The Bertz CT molecular complexity index is 611. The molecule has 0 aliphatic carbocycles. The van der Waals surface area contributed by atoms with Gasteiger partial charge < -0.3 is 5.32 Å². The van der Waals surface area contributed by atoms with Crippen molar-refractivity contribution in [3.05, 3.63) is 63.7 Å². The minimum atomic E-state index is -0.241. The number of nitrogens with one attached hydrogen (secondary N) is 1. The molecule has 0 saturated carbocycles. The van der Waals surface area contributed by atoms with Crippen LogP contribution in [0.5, 0.6) is 0 Å². The molecule has 5 heteroatoms. The number of amides is 1. The van der Waals surface area contributed by atoms with Gasteiger partial charge in [0.25, 0.3) is 0 Å². The number of carbonyl (C=O) groups excluding carboxylic acids is 1. The van der Waals surface area contributed by atoms with Crippen LogP contribution >= 0.6 is 27.5 Å². The summed E-state index contributed by atoms with van der Waals surface area (Å²) in [4.78, 5) is 15.7. The third-order valence-corrected chi connectivity index (χ3v) is 2.96. The average Bonchev–Trinajstić information content (AvgIpc) is 2.39. The molecule has 1 N–H and O–H groups in total. The number of anilines is 1. The maximum absolute atomic E-state index is 11.7. The van der Waals surface area contributed by atoms with Gasteiger partial charge in [-0.1, -0.05) is 23.7 Å². The molecular weight excluding hydrogens is 328 g/mol. The van der Waals surface area contributed by atoms with Gasteiger partial charge in [0.05, 0.1) is 0 Å². The zero-order chi connectivity index (χ0) is 13.7. The Hall–Kier alpha value is -1.65. The predicted molar refractivity (Wildman–Crippen MR) is 81.1 cm³/mol. The summed E-state index contributed by atoms with van der Waals surface area (Å²) in [6.45, 7) is 0. The first-order valence-electron chi connectivity index (χ1n) is 5.50. The Morgan fingerprint density at radius 3 is 2.84 bits per heavy atom. The van der Waals surface area contributed by atoms with E-state index in [-0.39, 0.29) is 5.91 Å². The zero-order valence-corrected chi connectivity index (χ0v) is 12.1. The molecule has 2 aromatic rings. The van der Waals surface area contributed by atoms with Gasteiger partial charge in [-0.05, 0) is 51.8 Å². The Labute approximate surface area is 124 Å². The highest BCUT2D eigenvalue weighted by molar-refractivity contribution is 9.10. The fourth-order valence-corrected chi connectivity index (χ4v) is 1.83. The largest absolute Gasteiger partial charge is 0.307 e. The first-order valence-corrected chi connectivity index (χ1v) is 6.67. The van der Waals surface area contributed by atoms with Crippen LogP contribution in [-0.4, -0.2) is 10.9 Å². The van der Waals surface area contributed by atoms with Crippen LogP contribution in [0.15, 0.2) is 53.1 Å². The lowest BCUT2D eigenvalue weighted by Gasteiger charge is -2.00. The van der Waals surface area contributed by atoms with Crippen LogP contribution in [0.1, 0.15) is 5.56 Å². The molecule has 0 saturated heterocycles. The normalized spacial score (nSPS) is 10.6. The Morgan fingerprint density at radius 2 is 2.16 bits per heavy atom. The minimum absolute atomic E-state index is 0.241. The van der Waals surface area contributed by atoms with E-state index in [0.29, 0.717) is 10.8 Å². The molecule has 0 aliphatic heterocycles. The number of benzene rings is 1. The average molecular weight is 338 g/mol. The minimum Gasteiger partial charge on any atom is -0.307 e. The Balaban J connectivity index is 1.99. The van der Waals surface area contributed by atoms with Gasteiger partial charge in [-0.3, -0.25) is 4.79 Å². The van der Waals surface area contributed by atoms with Gasteiger partial charge in [-0.25, -0.2) is 4.98 Å². The van der Waals surface area contributed by atoms with Gasteiger partial charge in [0, 0.05) is 21.8 Å². The summed E-state index contributed by atoms with van der Waals surface area (Å²) in [5, 5.41) is 3.30. The number of halogens is 2. The van der Waals surface area contributed by atoms with E-state index in [1.165, 1.54) is 6.08 Å². The second-order valence-electron chi connectivity index (χ2n) is 3.74. The molecule has 1 heterocycles. The van der Waals surface area contributed by atoms with E-state index in [0.717, 1.165) is 10.0 Å². The van der Waals surface area contributed by atoms with E-state index < -0.39 is 0 Å². The summed E-state index contributed by atoms with van der Waals surface area (Å²) >= 11 is 9.13. The number of aromatic nitrogens is 1. The van der Waals surface area contributed by atoms with Crippen LogP contribution < -0.4 is 5.32 Å². The van der Waals surface area contributed by atoms with Crippen molar-refractivity contribution in [1.82, 2.24) is 4.98 Å². The molecule has 0 atom stereocenters. The van der Waals surface area contributed by atoms with E-state index in [1.807, 2.05) is 18.2 Å². The van der Waals surface area contributed by atoms with Gasteiger partial charge >= 0.3 is 0 Å². The molecule has 0 spiro atoms. The van der Waals surface area contributed by atoms with Crippen LogP contribution in [0.3, 0.4) is 0 Å². The Kier molecular flexibility index (Phi) is 4.71. The van der Waals surface area contributed by atoms with Crippen molar-refractivity contribution in [3.8, 4) is 0 Å². The zero-order valence-electron chi connectivity index (χ0n) is 9.81. The van der Waals surface area contributed by atoms with Crippen LogP contribution in [0, 0.1) is 0 Å². The monoisotopic (exact) mass is 336 g/mol. The second-order valence-corrected chi connectivity index (χ2v) is 5.09. The molecular formula is C14H10BrClN2O. The highest BCUT2D eigenvalue weighted by atomic mass is 79.9. The summed E-state index contributed by atoms with van der Waals surface area (Å²) in [6, 6.07) is 10.8. The van der Waals surface area contributed by atoms with Crippen molar-refractivity contribution in [2.24, 2.45) is 0 Å². The molecule has 2 rings (SSSR count). The van der Waals surface area contributed by atoms with Gasteiger partial charge in [-0.15, -0.1) is 0 Å². The number of hydrogen-bond acceptors (Lipinski definition) is 2. The number of rotatable bonds is 3. The molecule has 1 amide bonds. The first kappa shape index (κ1) is 13.8. The van der Waals surface area contributed by atoms with Gasteiger partial charge in [0.15, 0.2) is 0 Å². The van der Waals surface area contributed by atoms with Crippen LogP contribution in [0.2, 0.25) is 5.02 Å². The summed E-state index contributed by atoms with van der Waals surface area (Å²) < 4.78 is 0.861. The molecule has 1 aromatic carbocycles. The molecule has 96 valence electrons. The maximum Gasteiger partial charge on any atom is 0.249 e. The van der Waals surface area contributed by atoms with Crippen molar-refractivity contribution in [1.29, 1.82) is 0 Å². The van der Waals surface area contributed by atoms with Crippen LogP contribution in [0.25, 0.3) is 6.08 Å². The highest BCUT2D eigenvalue weighted by Gasteiger charge is 1.99. The topological polar surface area (TPSA) is 42.0 Å². The number of pyridine rings is 1. The van der Waals surface area contributed by atoms with Crippen molar-refractivity contribution >= 4 is 45.3 Å². The maximum atomic E-state index is 11.7. The quantitative estimate of drug-likeness (QED) is 0.855. The summed E-state index contributed by atoms with van der Waals surface area (Å²) in [6.07, 6.45) is 4.76. The molecule has 19 heavy (non-hydrogen) atoms. The van der Waals surface area contributed by atoms with E-state index in [1.54, 1.807) is 30.5 Å². The van der Waals surface area contributed by atoms with Crippen LogP contribution in [-0.2, 0) is 4.79 Å². The number of hydrogen-bond donors (Lipinski definition) is 1. The lowest BCUT2D eigenvalue weighted by atomic mass is 10.2. The first-order chi connectivity index (χ1) is 9.13. The highest BCUT2D eigenvalue weighted by Crippen LogP contribution is 2.12. The van der Waals surface area contributed by atoms with Crippen molar-refractivity contribution in [3.63, 3.8) is 0 Å². The van der Waals surface area contributed by atoms with Gasteiger partial charge in [0.2, 0.25) is 5.91 Å². The fraction of sp³-hybridized carbons (Fsp3) is 0. The van der Waals surface area contributed by atoms with E-state index >= 15 is 0 Å². The molecule has 3 nitrogen and oxygen atoms in total. The van der Waals surface area contributed by atoms with E-state index in [4.69, 9.17) is 11.6 Å². The Morgan fingerprint density at radius 1 is 1.32 bits per heavy atom. The lowest BCUT2D eigenvalue weighted by molar-refractivity contribution is -0.111. The molecule has 0 aliphatic rings. The van der Waals surface area contributed by atoms with Crippen LogP contribution in [0.4, 0.5) is 5.82 Å². The predicted octanol–water partition coefficient (Wildman–Crippen LogP) is 4.15. The van der Waals surface area contributed by atoms with Crippen molar-refractivity contribution in [2.75, 3.05) is 5.32 Å². The molecule has 0 fully saturated rings. The molecule has 0 bridgehead atoms. The van der Waals surface area contributed by atoms with E-state index in [9.17, 15) is 4.79 Å². The lowest BCUT2D eigenvalue weighted by Crippen LogP contribution is -2.08. The third kappa shape index (κ3) is 4.50. The summed E-state index contributed by atoms with van der Waals surface area (Å²) in [7, 11) is 0. The van der Waals surface area contributed by atoms with Crippen molar-refractivity contribution < 1.29 is 4.79 Å².